The highest BCUT2D eigenvalue weighted by Crippen LogP contribution is 2.11. The van der Waals surface area contributed by atoms with Crippen LogP contribution in [-0.2, 0) is 9.59 Å². The van der Waals surface area contributed by atoms with Crippen molar-refractivity contribution in [2.24, 2.45) is 5.10 Å². The lowest BCUT2D eigenvalue weighted by molar-refractivity contribution is -0.121. The summed E-state index contributed by atoms with van der Waals surface area (Å²) in [5.41, 5.74) is 3.76. The van der Waals surface area contributed by atoms with Gasteiger partial charge in [0.15, 0.2) is 0 Å². The van der Waals surface area contributed by atoms with E-state index in [0.717, 1.165) is 11.3 Å². The lowest BCUT2D eigenvalue weighted by Gasteiger charge is -2.12. The fraction of sp³-hybridized carbons (Fsp3) is 0.357. The van der Waals surface area contributed by atoms with E-state index in [9.17, 15) is 9.59 Å². The van der Waals surface area contributed by atoms with Crippen LogP contribution < -0.4 is 15.5 Å². The summed E-state index contributed by atoms with van der Waals surface area (Å²) in [6, 6.07) is 7.71. The van der Waals surface area contributed by atoms with Crippen molar-refractivity contribution in [2.45, 2.75) is 19.8 Å². The number of amides is 2. The molecule has 1 heterocycles. The number of hydrogen-bond donors (Lipinski definition) is 2. The molecule has 2 amide bonds. The highest BCUT2D eigenvalue weighted by atomic mass is 16.5. The first-order valence-corrected chi connectivity index (χ1v) is 6.48. The van der Waals surface area contributed by atoms with Gasteiger partial charge in [-0.25, -0.2) is 5.43 Å². The smallest absolute Gasteiger partial charge is 0.267 e. The molecule has 0 fully saturated rings. The van der Waals surface area contributed by atoms with Crippen molar-refractivity contribution < 1.29 is 14.3 Å². The number of nitrogens with zero attached hydrogens (tertiary/aromatic N) is 1. The molecule has 0 spiro atoms. The van der Waals surface area contributed by atoms with Crippen LogP contribution in [0.2, 0.25) is 0 Å². The number of hydrazone groups is 1. The van der Waals surface area contributed by atoms with E-state index in [-0.39, 0.29) is 11.8 Å². The Morgan fingerprint density at radius 3 is 3.00 bits per heavy atom. The largest absolute Gasteiger partial charge is 0.492 e. The summed E-state index contributed by atoms with van der Waals surface area (Å²) >= 11 is 0. The maximum atomic E-state index is 11.7. The third-order valence-electron chi connectivity index (χ3n) is 2.81. The van der Waals surface area contributed by atoms with Crippen LogP contribution in [-0.4, -0.2) is 30.7 Å². The average Bonchev–Trinajstić information content (AvgIpc) is 2.44. The minimum absolute atomic E-state index is 0.163. The van der Waals surface area contributed by atoms with Crippen LogP contribution in [0.3, 0.4) is 0 Å². The average molecular weight is 275 g/mol. The van der Waals surface area contributed by atoms with Crippen LogP contribution in [0, 0.1) is 6.92 Å². The van der Waals surface area contributed by atoms with Gasteiger partial charge in [-0.2, -0.15) is 5.10 Å². The van der Waals surface area contributed by atoms with Gasteiger partial charge in [0.05, 0.1) is 6.54 Å². The standard InChI is InChI=1S/C14H17N3O3/c1-10-3-2-4-11(9-10)20-8-7-15-14(19)12-5-6-13(18)17-16-12/h2-4,9H,5-8H2,1H3,(H,15,19)(H,17,18). The van der Waals surface area contributed by atoms with Crippen LogP contribution in [0.5, 0.6) is 5.75 Å². The molecule has 2 rings (SSSR count). The number of aryl methyl sites for hydroxylation is 1. The molecule has 20 heavy (non-hydrogen) atoms. The van der Waals surface area contributed by atoms with E-state index in [1.165, 1.54) is 0 Å². The molecular weight excluding hydrogens is 258 g/mol. The topological polar surface area (TPSA) is 79.8 Å². The second-order valence-corrected chi connectivity index (χ2v) is 4.51. The first-order valence-electron chi connectivity index (χ1n) is 6.48. The third-order valence-corrected chi connectivity index (χ3v) is 2.81. The minimum Gasteiger partial charge on any atom is -0.492 e. The van der Waals surface area contributed by atoms with Crippen molar-refractivity contribution in [1.82, 2.24) is 10.7 Å². The molecule has 0 bridgehead atoms. The lowest BCUT2D eigenvalue weighted by Crippen LogP contribution is -2.38. The fourth-order valence-corrected chi connectivity index (χ4v) is 1.78. The van der Waals surface area contributed by atoms with E-state index in [2.05, 4.69) is 15.8 Å². The van der Waals surface area contributed by atoms with E-state index in [1.54, 1.807) is 0 Å². The minimum atomic E-state index is -0.266. The molecule has 0 radical (unpaired) electrons. The Morgan fingerprint density at radius 1 is 1.45 bits per heavy atom. The van der Waals surface area contributed by atoms with Gasteiger partial charge in [0.2, 0.25) is 5.91 Å². The van der Waals surface area contributed by atoms with E-state index in [4.69, 9.17) is 4.74 Å². The molecule has 0 saturated heterocycles. The number of carbonyl (C=O) groups excluding carboxylic acids is 2. The van der Waals surface area contributed by atoms with Crippen molar-refractivity contribution in [1.29, 1.82) is 0 Å². The lowest BCUT2D eigenvalue weighted by atomic mass is 10.1. The monoisotopic (exact) mass is 275 g/mol. The van der Waals surface area contributed by atoms with Crippen LogP contribution in [0.25, 0.3) is 0 Å². The molecule has 6 nitrogen and oxygen atoms in total. The Hall–Kier alpha value is -2.37. The van der Waals surface area contributed by atoms with Gasteiger partial charge in [-0.3, -0.25) is 9.59 Å². The zero-order valence-electron chi connectivity index (χ0n) is 11.3. The van der Waals surface area contributed by atoms with Crippen LogP contribution in [0.4, 0.5) is 0 Å². The molecule has 0 aliphatic carbocycles. The van der Waals surface area contributed by atoms with E-state index in [1.807, 2.05) is 31.2 Å². The van der Waals surface area contributed by atoms with E-state index >= 15 is 0 Å². The molecule has 1 aliphatic rings. The summed E-state index contributed by atoms with van der Waals surface area (Å²) in [7, 11) is 0. The Balaban J connectivity index is 1.71. The molecule has 1 aromatic carbocycles. The predicted octanol–water partition coefficient (Wildman–Crippen LogP) is 0.756. The quantitative estimate of drug-likeness (QED) is 0.778. The highest BCUT2D eigenvalue weighted by Gasteiger charge is 2.17. The molecule has 106 valence electrons. The summed E-state index contributed by atoms with van der Waals surface area (Å²) in [5.74, 6) is 0.351. The van der Waals surface area contributed by atoms with Crippen LogP contribution >= 0.6 is 0 Å². The highest BCUT2D eigenvalue weighted by molar-refractivity contribution is 6.39. The molecular formula is C14H17N3O3. The van der Waals surface area contributed by atoms with Crippen LogP contribution in [0.1, 0.15) is 18.4 Å². The van der Waals surface area contributed by atoms with Crippen molar-refractivity contribution in [2.75, 3.05) is 13.2 Å². The number of carbonyl (C=O) groups is 2. The molecule has 0 unspecified atom stereocenters. The molecule has 0 aromatic heterocycles. The van der Waals surface area contributed by atoms with E-state index in [0.29, 0.717) is 31.7 Å². The summed E-state index contributed by atoms with van der Waals surface area (Å²) in [6.45, 7) is 2.76. The van der Waals surface area contributed by atoms with Crippen molar-refractivity contribution in [3.8, 4) is 5.75 Å². The maximum Gasteiger partial charge on any atom is 0.267 e. The Morgan fingerprint density at radius 2 is 2.30 bits per heavy atom. The molecule has 2 N–H and O–H groups in total. The second-order valence-electron chi connectivity index (χ2n) is 4.51. The summed E-state index contributed by atoms with van der Waals surface area (Å²) in [6.07, 6.45) is 0.669. The molecule has 6 heteroatoms. The van der Waals surface area contributed by atoms with Gasteiger partial charge < -0.3 is 10.1 Å². The number of ether oxygens (including phenoxy) is 1. The normalized spacial score (nSPS) is 14.2. The van der Waals surface area contributed by atoms with Crippen molar-refractivity contribution >= 4 is 17.5 Å². The number of rotatable bonds is 5. The van der Waals surface area contributed by atoms with Gasteiger partial charge in [-0.05, 0) is 24.6 Å². The number of hydrogen-bond acceptors (Lipinski definition) is 4. The van der Waals surface area contributed by atoms with Gasteiger partial charge in [0.25, 0.3) is 5.91 Å². The Bertz CT molecular complexity index is 540. The third kappa shape index (κ3) is 4.08. The zero-order chi connectivity index (χ0) is 14.4. The molecule has 0 atom stereocenters. The van der Waals surface area contributed by atoms with Gasteiger partial charge in [-0.1, -0.05) is 12.1 Å². The van der Waals surface area contributed by atoms with Gasteiger partial charge in [0, 0.05) is 12.8 Å². The summed E-state index contributed by atoms with van der Waals surface area (Å²) in [5, 5.41) is 6.43. The SMILES string of the molecule is Cc1cccc(OCCNC(=O)C2=NNC(=O)CC2)c1. The molecule has 1 aliphatic heterocycles. The van der Waals surface area contributed by atoms with Gasteiger partial charge in [-0.15, -0.1) is 0 Å². The summed E-state index contributed by atoms with van der Waals surface area (Å²) in [4.78, 5) is 22.6. The van der Waals surface area contributed by atoms with Gasteiger partial charge in [0.1, 0.15) is 18.1 Å². The van der Waals surface area contributed by atoms with Gasteiger partial charge >= 0.3 is 0 Å². The second kappa shape index (κ2) is 6.70. The first-order chi connectivity index (χ1) is 9.65. The Kier molecular flexibility index (Phi) is 4.70. The molecule has 1 aromatic rings. The number of nitrogens with one attached hydrogen (secondary N) is 2. The van der Waals surface area contributed by atoms with Crippen LogP contribution in [0.15, 0.2) is 29.4 Å². The fourth-order valence-electron chi connectivity index (χ4n) is 1.78. The molecule has 0 saturated carbocycles. The Labute approximate surface area is 117 Å². The van der Waals surface area contributed by atoms with Crippen molar-refractivity contribution in [3.63, 3.8) is 0 Å². The van der Waals surface area contributed by atoms with E-state index < -0.39 is 0 Å². The predicted molar refractivity (Wildman–Crippen MR) is 74.5 cm³/mol. The zero-order valence-corrected chi connectivity index (χ0v) is 11.3. The number of benzene rings is 1. The summed E-state index contributed by atoms with van der Waals surface area (Å²) < 4.78 is 5.52. The first kappa shape index (κ1) is 14.0. The van der Waals surface area contributed by atoms with Crippen molar-refractivity contribution in [3.05, 3.63) is 29.8 Å². The maximum absolute atomic E-state index is 11.7.